The van der Waals surface area contributed by atoms with Crippen molar-refractivity contribution in [2.45, 2.75) is 5.92 Å². The summed E-state index contributed by atoms with van der Waals surface area (Å²) >= 11 is 6.08. The highest BCUT2D eigenvalue weighted by molar-refractivity contribution is 6.33. The Morgan fingerprint density at radius 2 is 1.75 bits per heavy atom. The smallest absolute Gasteiger partial charge is 0.355 e. The number of ether oxygens (including phenoxy) is 2. The summed E-state index contributed by atoms with van der Waals surface area (Å²) < 4.78 is 38.2. The van der Waals surface area contributed by atoms with Gasteiger partial charge in [-0.15, -0.1) is 0 Å². The third-order valence-electron chi connectivity index (χ3n) is 4.82. The van der Waals surface area contributed by atoms with E-state index in [0.717, 1.165) is 25.2 Å². The van der Waals surface area contributed by atoms with Crippen molar-refractivity contribution in [2.24, 2.45) is 5.73 Å². The number of nitrogens with two attached hydrogens (primary N) is 1. The Hall–Kier alpha value is -3.90. The van der Waals surface area contributed by atoms with E-state index >= 15 is 0 Å². The number of anilines is 1. The highest BCUT2D eigenvalue weighted by Crippen LogP contribution is 2.45. The quantitative estimate of drug-likeness (QED) is 0.697. The first-order chi connectivity index (χ1) is 15.3. The van der Waals surface area contributed by atoms with Gasteiger partial charge >= 0.3 is 11.9 Å². The van der Waals surface area contributed by atoms with Crippen molar-refractivity contribution < 1.29 is 27.8 Å². The van der Waals surface area contributed by atoms with E-state index in [4.69, 9.17) is 26.8 Å². The SMILES string of the molecule is COC(=O)C1=C(C(=O)OC)N(c2c(F)cc(F)cc2Cl)C(N)=C(C#N)C1c1ccccc1. The maximum atomic E-state index is 14.9. The highest BCUT2D eigenvalue weighted by atomic mass is 35.5. The Morgan fingerprint density at radius 1 is 1.12 bits per heavy atom. The molecule has 2 aromatic rings. The van der Waals surface area contributed by atoms with E-state index in [9.17, 15) is 23.6 Å². The summed E-state index contributed by atoms with van der Waals surface area (Å²) in [7, 11) is 2.12. The van der Waals surface area contributed by atoms with Crippen LogP contribution < -0.4 is 10.6 Å². The molecule has 3 rings (SSSR count). The molecule has 1 heterocycles. The van der Waals surface area contributed by atoms with Gasteiger partial charge in [0, 0.05) is 6.07 Å². The number of esters is 2. The first-order valence-corrected chi connectivity index (χ1v) is 9.44. The predicted octanol–water partition coefficient (Wildman–Crippen LogP) is 3.52. The molecule has 32 heavy (non-hydrogen) atoms. The van der Waals surface area contributed by atoms with E-state index in [1.807, 2.05) is 6.07 Å². The van der Waals surface area contributed by atoms with Gasteiger partial charge in [-0.05, 0) is 11.6 Å². The third-order valence-corrected chi connectivity index (χ3v) is 5.10. The summed E-state index contributed by atoms with van der Waals surface area (Å²) in [5, 5.41) is 9.45. The molecule has 10 heteroatoms. The van der Waals surface area contributed by atoms with E-state index in [2.05, 4.69) is 0 Å². The van der Waals surface area contributed by atoms with Crippen LogP contribution in [0.3, 0.4) is 0 Å². The van der Waals surface area contributed by atoms with Crippen LogP contribution in [0.4, 0.5) is 14.5 Å². The average molecular weight is 460 g/mol. The molecule has 0 bridgehead atoms. The lowest BCUT2D eigenvalue weighted by atomic mass is 9.81. The lowest BCUT2D eigenvalue weighted by Crippen LogP contribution is -2.41. The minimum Gasteiger partial charge on any atom is -0.466 e. The van der Waals surface area contributed by atoms with E-state index in [1.54, 1.807) is 30.3 Å². The third kappa shape index (κ3) is 3.76. The van der Waals surface area contributed by atoms with Gasteiger partial charge < -0.3 is 15.2 Å². The molecule has 0 saturated heterocycles. The summed E-state index contributed by atoms with van der Waals surface area (Å²) in [4.78, 5) is 26.5. The largest absolute Gasteiger partial charge is 0.466 e. The molecule has 0 fully saturated rings. The van der Waals surface area contributed by atoms with Crippen molar-refractivity contribution in [2.75, 3.05) is 19.1 Å². The molecule has 7 nitrogen and oxygen atoms in total. The number of methoxy groups -OCH3 is 2. The summed E-state index contributed by atoms with van der Waals surface area (Å²) in [5.74, 6) is -5.73. The standard InChI is InChI=1S/C22H16ClF2N3O4/c1-31-21(29)17-16(11-6-4-3-5-7-11)13(10-26)20(27)28(19(17)22(30)32-2)18-14(23)8-12(24)9-15(18)25/h3-9,16H,27H2,1-2H3. The number of halogens is 3. The maximum Gasteiger partial charge on any atom is 0.355 e. The Labute approximate surface area is 186 Å². The van der Waals surface area contributed by atoms with Crippen LogP contribution in [0.2, 0.25) is 5.02 Å². The molecule has 0 aliphatic carbocycles. The second-order valence-electron chi connectivity index (χ2n) is 6.55. The molecule has 1 aliphatic heterocycles. The van der Waals surface area contributed by atoms with Crippen molar-refractivity contribution in [3.05, 3.63) is 87.3 Å². The molecule has 0 saturated carbocycles. The number of allylic oxidation sites excluding steroid dienone is 1. The maximum absolute atomic E-state index is 14.9. The molecule has 0 radical (unpaired) electrons. The number of nitrogens with zero attached hydrogens (tertiary/aromatic N) is 2. The molecule has 1 atom stereocenters. The number of carbonyl (C=O) groups is 2. The van der Waals surface area contributed by atoms with Crippen LogP contribution in [-0.2, 0) is 19.1 Å². The van der Waals surface area contributed by atoms with Crippen molar-refractivity contribution >= 4 is 29.2 Å². The van der Waals surface area contributed by atoms with Gasteiger partial charge in [-0.1, -0.05) is 41.9 Å². The van der Waals surface area contributed by atoms with Crippen molar-refractivity contribution in [1.29, 1.82) is 5.26 Å². The fourth-order valence-corrected chi connectivity index (χ4v) is 3.77. The summed E-state index contributed by atoms with van der Waals surface area (Å²) in [6.45, 7) is 0. The molecule has 1 aliphatic rings. The zero-order chi connectivity index (χ0) is 23.6. The summed E-state index contributed by atoms with van der Waals surface area (Å²) in [5.41, 5.74) is 5.12. The topological polar surface area (TPSA) is 106 Å². The first-order valence-electron chi connectivity index (χ1n) is 9.06. The van der Waals surface area contributed by atoms with Gasteiger partial charge in [0.05, 0.1) is 42.4 Å². The fourth-order valence-electron chi connectivity index (χ4n) is 3.49. The van der Waals surface area contributed by atoms with Crippen molar-refractivity contribution in [1.82, 2.24) is 0 Å². The second-order valence-corrected chi connectivity index (χ2v) is 6.96. The predicted molar refractivity (Wildman–Crippen MR) is 111 cm³/mol. The Morgan fingerprint density at radius 3 is 2.28 bits per heavy atom. The van der Waals surface area contributed by atoms with Gasteiger partial charge in [0.1, 0.15) is 23.0 Å². The van der Waals surface area contributed by atoms with E-state index < -0.39 is 45.9 Å². The number of hydrogen-bond acceptors (Lipinski definition) is 7. The van der Waals surface area contributed by atoms with Crippen LogP contribution in [0.15, 0.2) is 65.1 Å². The molecular weight excluding hydrogens is 444 g/mol. The van der Waals surface area contributed by atoms with Crippen LogP contribution in [0.5, 0.6) is 0 Å². The average Bonchev–Trinajstić information content (AvgIpc) is 2.78. The van der Waals surface area contributed by atoms with Gasteiger partial charge in [-0.3, -0.25) is 4.90 Å². The normalized spacial score (nSPS) is 16.0. The summed E-state index contributed by atoms with van der Waals surface area (Å²) in [6.07, 6.45) is 0. The number of benzene rings is 2. The Kier molecular flexibility index (Phi) is 6.46. The molecule has 0 amide bonds. The summed E-state index contributed by atoms with van der Waals surface area (Å²) in [6, 6.07) is 11.5. The highest BCUT2D eigenvalue weighted by Gasteiger charge is 2.44. The molecule has 2 aromatic carbocycles. The van der Waals surface area contributed by atoms with Crippen LogP contribution >= 0.6 is 11.6 Å². The number of carbonyl (C=O) groups excluding carboxylic acids is 2. The minimum atomic E-state index is -1.18. The van der Waals surface area contributed by atoms with Gasteiger partial charge in [0.15, 0.2) is 5.82 Å². The lowest BCUT2D eigenvalue weighted by molar-refractivity contribution is -0.139. The van der Waals surface area contributed by atoms with E-state index in [-0.39, 0.29) is 17.0 Å². The monoisotopic (exact) mass is 459 g/mol. The number of rotatable bonds is 4. The van der Waals surface area contributed by atoms with Crippen LogP contribution in [0, 0.1) is 23.0 Å². The Balaban J connectivity index is 2.48. The zero-order valence-corrected chi connectivity index (χ0v) is 17.6. The van der Waals surface area contributed by atoms with Crippen LogP contribution in [-0.4, -0.2) is 26.2 Å². The van der Waals surface area contributed by atoms with Crippen molar-refractivity contribution in [3.8, 4) is 6.07 Å². The lowest BCUT2D eigenvalue weighted by Gasteiger charge is -2.36. The molecule has 0 aromatic heterocycles. The van der Waals surface area contributed by atoms with Gasteiger partial charge in [0.2, 0.25) is 0 Å². The van der Waals surface area contributed by atoms with Gasteiger partial charge in [0.25, 0.3) is 0 Å². The van der Waals surface area contributed by atoms with E-state index in [0.29, 0.717) is 11.6 Å². The van der Waals surface area contributed by atoms with Gasteiger partial charge in [-0.25, -0.2) is 18.4 Å². The number of hydrogen-bond donors (Lipinski definition) is 1. The molecule has 2 N–H and O–H groups in total. The second kappa shape index (κ2) is 9.08. The van der Waals surface area contributed by atoms with Crippen LogP contribution in [0.25, 0.3) is 0 Å². The number of nitriles is 1. The molecular formula is C22H16ClF2N3O4. The fraction of sp³-hybridized carbons (Fsp3) is 0.136. The minimum absolute atomic E-state index is 0.177. The van der Waals surface area contributed by atoms with Gasteiger partial charge in [-0.2, -0.15) is 5.26 Å². The van der Waals surface area contributed by atoms with Crippen molar-refractivity contribution in [3.63, 3.8) is 0 Å². The van der Waals surface area contributed by atoms with Crippen LogP contribution in [0.1, 0.15) is 11.5 Å². The molecule has 164 valence electrons. The zero-order valence-electron chi connectivity index (χ0n) is 16.9. The Bertz CT molecular complexity index is 1180. The first kappa shape index (κ1) is 22.8. The van der Waals surface area contributed by atoms with E-state index in [1.165, 1.54) is 0 Å². The molecule has 0 spiro atoms. The molecule has 1 unspecified atom stereocenters.